The lowest BCUT2D eigenvalue weighted by Gasteiger charge is -2.20. The third kappa shape index (κ3) is 4.48. The van der Waals surface area contributed by atoms with Crippen LogP contribution in [0.4, 0.5) is 8.78 Å². The molecule has 0 spiro atoms. The molecule has 5 nitrogen and oxygen atoms in total. The highest BCUT2D eigenvalue weighted by atomic mass is 32.2. The van der Waals surface area contributed by atoms with E-state index in [1.54, 1.807) is 12.1 Å². The number of nitrogens with zero attached hydrogens (tertiary/aromatic N) is 1. The molecule has 0 aliphatic rings. The Bertz CT molecular complexity index is 506. The number of rotatable bonds is 8. The number of aliphatic hydroxyl groups is 1. The Morgan fingerprint density at radius 2 is 1.85 bits per heavy atom. The molecular weight excluding hydrogens is 290 g/mol. The van der Waals surface area contributed by atoms with Gasteiger partial charge in [-0.1, -0.05) is 12.1 Å². The lowest BCUT2D eigenvalue weighted by Crippen LogP contribution is -2.37. The second kappa shape index (κ2) is 7.63. The van der Waals surface area contributed by atoms with Crippen LogP contribution < -0.4 is 5.73 Å². The summed E-state index contributed by atoms with van der Waals surface area (Å²) >= 11 is 0. The predicted octanol–water partition coefficient (Wildman–Crippen LogP) is 0.436. The average Bonchev–Trinajstić information content (AvgIpc) is 2.39. The Labute approximate surface area is 117 Å². The molecular formula is C12H18F2N2O3S. The summed E-state index contributed by atoms with van der Waals surface area (Å²) in [5.74, 6) is 0. The first kappa shape index (κ1) is 17.0. The quantitative estimate of drug-likeness (QED) is 0.730. The maximum atomic E-state index is 12.4. The van der Waals surface area contributed by atoms with Crippen molar-refractivity contribution in [1.29, 1.82) is 0 Å². The summed E-state index contributed by atoms with van der Waals surface area (Å²) in [6.07, 6.45) is -2.19. The number of sulfonamides is 1. The van der Waals surface area contributed by atoms with Gasteiger partial charge in [0.25, 0.3) is 6.43 Å². The number of halogens is 2. The monoisotopic (exact) mass is 308 g/mol. The van der Waals surface area contributed by atoms with E-state index in [0.717, 1.165) is 5.56 Å². The Kier molecular flexibility index (Phi) is 6.47. The lowest BCUT2D eigenvalue weighted by molar-refractivity contribution is 0.113. The van der Waals surface area contributed by atoms with Gasteiger partial charge >= 0.3 is 0 Å². The molecule has 0 atom stereocenters. The van der Waals surface area contributed by atoms with Gasteiger partial charge in [-0.05, 0) is 30.7 Å². The summed E-state index contributed by atoms with van der Waals surface area (Å²) in [6, 6.07) is 5.91. The molecule has 0 saturated heterocycles. The maximum Gasteiger partial charge on any atom is 0.252 e. The van der Waals surface area contributed by atoms with Crippen molar-refractivity contribution in [2.75, 3.05) is 26.2 Å². The van der Waals surface area contributed by atoms with Gasteiger partial charge in [-0.2, -0.15) is 4.31 Å². The van der Waals surface area contributed by atoms with E-state index in [2.05, 4.69) is 0 Å². The molecule has 0 fully saturated rings. The van der Waals surface area contributed by atoms with Crippen molar-refractivity contribution >= 4 is 10.0 Å². The smallest absolute Gasteiger partial charge is 0.252 e. The fraction of sp³-hybridized carbons (Fsp3) is 0.500. The van der Waals surface area contributed by atoms with Crippen LogP contribution in [0, 0.1) is 0 Å². The highest BCUT2D eigenvalue weighted by Crippen LogP contribution is 2.17. The number of alkyl halides is 2. The van der Waals surface area contributed by atoms with Gasteiger partial charge in [0.15, 0.2) is 0 Å². The molecule has 0 unspecified atom stereocenters. The predicted molar refractivity (Wildman–Crippen MR) is 71.0 cm³/mol. The van der Waals surface area contributed by atoms with E-state index in [9.17, 15) is 17.2 Å². The van der Waals surface area contributed by atoms with Crippen LogP contribution in [-0.4, -0.2) is 50.5 Å². The summed E-state index contributed by atoms with van der Waals surface area (Å²) in [7, 11) is -4.03. The van der Waals surface area contributed by atoms with Crippen molar-refractivity contribution in [3.8, 4) is 0 Å². The topological polar surface area (TPSA) is 83.6 Å². The van der Waals surface area contributed by atoms with Crippen molar-refractivity contribution in [2.24, 2.45) is 5.73 Å². The molecule has 1 aromatic carbocycles. The lowest BCUT2D eigenvalue weighted by atomic mass is 10.2. The van der Waals surface area contributed by atoms with Gasteiger partial charge in [-0.15, -0.1) is 0 Å². The molecule has 0 bridgehead atoms. The molecule has 114 valence electrons. The average molecular weight is 308 g/mol. The van der Waals surface area contributed by atoms with Gasteiger partial charge in [-0.25, -0.2) is 17.2 Å². The summed E-state index contributed by atoms with van der Waals surface area (Å²) in [5.41, 5.74) is 6.26. The molecule has 0 saturated carbocycles. The van der Waals surface area contributed by atoms with Crippen LogP contribution in [0.15, 0.2) is 29.2 Å². The third-order valence-electron chi connectivity index (χ3n) is 2.69. The molecule has 8 heteroatoms. The number of hydrogen-bond acceptors (Lipinski definition) is 4. The van der Waals surface area contributed by atoms with Gasteiger partial charge in [-0.3, -0.25) is 0 Å². The minimum atomic E-state index is -4.03. The summed E-state index contributed by atoms with van der Waals surface area (Å²) in [4.78, 5) is -0.0765. The Hall–Kier alpha value is -1.09. The van der Waals surface area contributed by atoms with Gasteiger partial charge in [0.05, 0.1) is 18.0 Å². The number of benzene rings is 1. The van der Waals surface area contributed by atoms with Crippen molar-refractivity contribution in [3.63, 3.8) is 0 Å². The fourth-order valence-electron chi connectivity index (χ4n) is 1.72. The Morgan fingerprint density at radius 1 is 1.25 bits per heavy atom. The van der Waals surface area contributed by atoms with E-state index in [1.165, 1.54) is 12.1 Å². The molecule has 0 aromatic heterocycles. The number of nitrogens with two attached hydrogens (primary N) is 1. The first-order chi connectivity index (χ1) is 9.41. The highest BCUT2D eigenvalue weighted by molar-refractivity contribution is 7.89. The molecule has 0 aliphatic carbocycles. The molecule has 0 heterocycles. The van der Waals surface area contributed by atoms with Crippen LogP contribution in [0.3, 0.4) is 0 Å². The van der Waals surface area contributed by atoms with Gasteiger partial charge in [0.2, 0.25) is 10.0 Å². The van der Waals surface area contributed by atoms with E-state index in [-0.39, 0.29) is 11.4 Å². The second-order valence-corrected chi connectivity index (χ2v) is 6.10. The minimum absolute atomic E-state index is 0.0765. The fourth-order valence-corrected chi connectivity index (χ4v) is 3.13. The van der Waals surface area contributed by atoms with Crippen LogP contribution in [0.2, 0.25) is 0 Å². The van der Waals surface area contributed by atoms with E-state index < -0.39 is 29.6 Å². The van der Waals surface area contributed by atoms with Crippen molar-refractivity contribution in [1.82, 2.24) is 4.31 Å². The first-order valence-electron chi connectivity index (χ1n) is 6.10. The Balaban J connectivity index is 2.99. The molecule has 1 rings (SSSR count). The highest BCUT2D eigenvalue weighted by Gasteiger charge is 2.26. The SMILES string of the molecule is NCCc1ccc(S(=O)(=O)N(CCO)CC(F)F)cc1. The van der Waals surface area contributed by atoms with Gasteiger partial charge < -0.3 is 10.8 Å². The van der Waals surface area contributed by atoms with E-state index in [4.69, 9.17) is 10.8 Å². The van der Waals surface area contributed by atoms with Crippen molar-refractivity contribution in [3.05, 3.63) is 29.8 Å². The molecule has 1 aromatic rings. The normalized spacial score (nSPS) is 12.3. The van der Waals surface area contributed by atoms with Crippen LogP contribution >= 0.6 is 0 Å². The zero-order chi connectivity index (χ0) is 15.2. The van der Waals surface area contributed by atoms with E-state index in [1.807, 2.05) is 0 Å². The van der Waals surface area contributed by atoms with Crippen LogP contribution in [0.1, 0.15) is 5.56 Å². The van der Waals surface area contributed by atoms with Crippen molar-refractivity contribution < 1.29 is 22.3 Å². The zero-order valence-corrected chi connectivity index (χ0v) is 11.7. The zero-order valence-electron chi connectivity index (χ0n) is 10.9. The third-order valence-corrected chi connectivity index (χ3v) is 4.56. The van der Waals surface area contributed by atoms with E-state index in [0.29, 0.717) is 17.3 Å². The summed E-state index contributed by atoms with van der Waals surface area (Å²) in [6.45, 7) is -1.38. The number of aliphatic hydroxyl groups excluding tert-OH is 1. The molecule has 20 heavy (non-hydrogen) atoms. The van der Waals surface area contributed by atoms with Crippen LogP contribution in [-0.2, 0) is 16.4 Å². The van der Waals surface area contributed by atoms with Crippen LogP contribution in [0.5, 0.6) is 0 Å². The van der Waals surface area contributed by atoms with E-state index >= 15 is 0 Å². The molecule has 0 amide bonds. The second-order valence-electron chi connectivity index (χ2n) is 4.16. The summed E-state index contributed by atoms with van der Waals surface area (Å²) < 4.78 is 49.8. The van der Waals surface area contributed by atoms with Crippen molar-refractivity contribution in [2.45, 2.75) is 17.7 Å². The van der Waals surface area contributed by atoms with Gasteiger partial charge in [0, 0.05) is 6.54 Å². The number of hydrogen-bond donors (Lipinski definition) is 2. The van der Waals surface area contributed by atoms with Gasteiger partial charge in [0.1, 0.15) is 0 Å². The van der Waals surface area contributed by atoms with Crippen LogP contribution in [0.25, 0.3) is 0 Å². The molecule has 3 N–H and O–H groups in total. The summed E-state index contributed by atoms with van der Waals surface area (Å²) in [5, 5.41) is 8.81. The standard InChI is InChI=1S/C12H18F2N2O3S/c13-12(14)9-16(7-8-17)20(18,19)11-3-1-10(2-4-11)5-6-15/h1-4,12,17H,5-9,15H2. The maximum absolute atomic E-state index is 12.4. The molecule has 0 radical (unpaired) electrons. The minimum Gasteiger partial charge on any atom is -0.395 e. The molecule has 0 aliphatic heterocycles. The largest absolute Gasteiger partial charge is 0.395 e. The first-order valence-corrected chi connectivity index (χ1v) is 7.54. The Morgan fingerprint density at radius 3 is 2.30 bits per heavy atom.